The Morgan fingerprint density at radius 1 is 1.45 bits per heavy atom. The van der Waals surface area contributed by atoms with E-state index in [9.17, 15) is 4.39 Å². The third kappa shape index (κ3) is 3.81. The van der Waals surface area contributed by atoms with Crippen molar-refractivity contribution < 1.29 is 9.13 Å². The van der Waals surface area contributed by atoms with E-state index in [1.807, 2.05) is 24.0 Å². The van der Waals surface area contributed by atoms with Crippen molar-refractivity contribution in [2.75, 3.05) is 7.11 Å². The largest absolute Gasteiger partial charge is 0.496 e. The number of nitrogens with one attached hydrogen (secondary N) is 1. The Balaban J connectivity index is 1.92. The Bertz CT molecular complexity index is 568. The second kappa shape index (κ2) is 6.52. The number of ether oxygens (including phenoxy) is 1. The van der Waals surface area contributed by atoms with Gasteiger partial charge in [-0.3, -0.25) is 4.68 Å². The maximum atomic E-state index is 13.3. The number of aryl methyl sites for hydroxylation is 1. The minimum absolute atomic E-state index is 0.224. The minimum Gasteiger partial charge on any atom is -0.496 e. The number of rotatable bonds is 6. The van der Waals surface area contributed by atoms with Crippen molar-refractivity contribution in [2.45, 2.75) is 33.0 Å². The predicted molar refractivity (Wildman–Crippen MR) is 76.2 cm³/mol. The summed E-state index contributed by atoms with van der Waals surface area (Å²) in [5.74, 6) is 0.444. The summed E-state index contributed by atoms with van der Waals surface area (Å²) in [6.07, 6.45) is 3.84. The van der Waals surface area contributed by atoms with Crippen molar-refractivity contribution in [1.29, 1.82) is 0 Å². The van der Waals surface area contributed by atoms with Gasteiger partial charge in [-0.2, -0.15) is 5.10 Å². The minimum atomic E-state index is -0.252. The van der Waals surface area contributed by atoms with E-state index in [-0.39, 0.29) is 11.9 Å². The molecule has 0 saturated carbocycles. The molecule has 1 heterocycles. The van der Waals surface area contributed by atoms with Crippen LogP contribution in [-0.4, -0.2) is 22.9 Å². The highest BCUT2D eigenvalue weighted by Crippen LogP contribution is 2.19. The fraction of sp³-hybridized carbons (Fsp3) is 0.400. The van der Waals surface area contributed by atoms with E-state index in [2.05, 4.69) is 17.3 Å². The number of benzene rings is 1. The average Bonchev–Trinajstić information content (AvgIpc) is 2.82. The molecule has 0 saturated heterocycles. The molecular formula is C15H20FN3O. The van der Waals surface area contributed by atoms with Gasteiger partial charge in [-0.05, 0) is 37.6 Å². The average molecular weight is 277 g/mol. The Morgan fingerprint density at radius 3 is 2.90 bits per heavy atom. The molecule has 108 valence electrons. The molecule has 0 aliphatic rings. The summed E-state index contributed by atoms with van der Waals surface area (Å²) in [6.45, 7) is 5.41. The normalized spacial score (nSPS) is 12.4. The van der Waals surface area contributed by atoms with Gasteiger partial charge in [0.05, 0.1) is 19.9 Å². The van der Waals surface area contributed by atoms with Crippen LogP contribution in [0.5, 0.6) is 5.75 Å². The molecule has 4 nitrogen and oxygen atoms in total. The third-order valence-corrected chi connectivity index (χ3v) is 3.11. The van der Waals surface area contributed by atoms with Gasteiger partial charge >= 0.3 is 0 Å². The van der Waals surface area contributed by atoms with E-state index in [0.717, 1.165) is 17.7 Å². The lowest BCUT2D eigenvalue weighted by atomic mass is 10.2. The summed E-state index contributed by atoms with van der Waals surface area (Å²) < 4.78 is 20.4. The first-order chi connectivity index (χ1) is 9.58. The molecule has 0 aliphatic carbocycles. The SMILES string of the molecule is COc1ccc(F)cc1CN[C@@H](C)Cn1cc(C)cn1. The van der Waals surface area contributed by atoms with Gasteiger partial charge in [0.25, 0.3) is 0 Å². The lowest BCUT2D eigenvalue weighted by Gasteiger charge is -2.15. The summed E-state index contributed by atoms with van der Waals surface area (Å²) in [5.41, 5.74) is 1.96. The molecule has 1 atom stereocenters. The predicted octanol–water partition coefficient (Wildman–Crippen LogP) is 2.52. The molecule has 2 rings (SSSR count). The van der Waals surface area contributed by atoms with E-state index < -0.39 is 0 Å². The molecule has 0 spiro atoms. The number of halogens is 1. The van der Waals surface area contributed by atoms with Crippen LogP contribution in [0.4, 0.5) is 4.39 Å². The Kier molecular flexibility index (Phi) is 4.74. The van der Waals surface area contributed by atoms with E-state index in [1.54, 1.807) is 13.2 Å². The highest BCUT2D eigenvalue weighted by atomic mass is 19.1. The van der Waals surface area contributed by atoms with Gasteiger partial charge in [0, 0.05) is 24.3 Å². The number of nitrogens with zero attached hydrogens (tertiary/aromatic N) is 2. The zero-order chi connectivity index (χ0) is 14.5. The van der Waals surface area contributed by atoms with Crippen LogP contribution in [0, 0.1) is 12.7 Å². The summed E-state index contributed by atoms with van der Waals surface area (Å²) in [4.78, 5) is 0. The van der Waals surface area contributed by atoms with Crippen LogP contribution in [0.2, 0.25) is 0 Å². The van der Waals surface area contributed by atoms with E-state index in [1.165, 1.54) is 12.1 Å². The third-order valence-electron chi connectivity index (χ3n) is 3.11. The van der Waals surface area contributed by atoms with E-state index in [0.29, 0.717) is 12.3 Å². The van der Waals surface area contributed by atoms with Crippen LogP contribution in [0.15, 0.2) is 30.6 Å². The maximum Gasteiger partial charge on any atom is 0.123 e. The molecule has 1 N–H and O–H groups in total. The fourth-order valence-electron chi connectivity index (χ4n) is 2.08. The standard InChI is InChI=1S/C15H20FN3O/c1-11-7-18-19(9-11)10-12(2)17-8-13-6-14(16)4-5-15(13)20-3/h4-7,9,12,17H,8,10H2,1-3H3/t12-/m0/s1. The van der Waals surface area contributed by atoms with Gasteiger partial charge in [-0.25, -0.2) is 4.39 Å². The first-order valence-corrected chi connectivity index (χ1v) is 6.63. The van der Waals surface area contributed by atoms with Gasteiger partial charge in [0.15, 0.2) is 0 Å². The van der Waals surface area contributed by atoms with Gasteiger partial charge in [-0.1, -0.05) is 0 Å². The number of hydrogen-bond donors (Lipinski definition) is 1. The van der Waals surface area contributed by atoms with Crippen molar-refractivity contribution >= 4 is 0 Å². The molecule has 0 bridgehead atoms. The molecule has 0 aliphatic heterocycles. The molecule has 0 unspecified atom stereocenters. The Labute approximate surface area is 118 Å². The van der Waals surface area contributed by atoms with Gasteiger partial charge < -0.3 is 10.1 Å². The zero-order valence-electron chi connectivity index (χ0n) is 12.1. The molecule has 1 aromatic heterocycles. The van der Waals surface area contributed by atoms with Gasteiger partial charge in [-0.15, -0.1) is 0 Å². The molecular weight excluding hydrogens is 257 g/mol. The summed E-state index contributed by atoms with van der Waals surface area (Å²) in [6, 6.07) is 4.77. The number of aromatic nitrogens is 2. The maximum absolute atomic E-state index is 13.3. The van der Waals surface area contributed by atoms with Crippen molar-refractivity contribution in [1.82, 2.24) is 15.1 Å². The Morgan fingerprint density at radius 2 is 2.25 bits per heavy atom. The summed E-state index contributed by atoms with van der Waals surface area (Å²) in [7, 11) is 1.59. The van der Waals surface area contributed by atoms with Crippen molar-refractivity contribution in [2.24, 2.45) is 0 Å². The molecule has 5 heteroatoms. The first kappa shape index (κ1) is 14.5. The van der Waals surface area contributed by atoms with Gasteiger partial charge in [0.1, 0.15) is 11.6 Å². The Hall–Kier alpha value is -1.88. The molecule has 1 aromatic carbocycles. The van der Waals surface area contributed by atoms with Crippen LogP contribution in [0.1, 0.15) is 18.1 Å². The molecule has 20 heavy (non-hydrogen) atoms. The van der Waals surface area contributed by atoms with Crippen molar-refractivity contribution in [3.05, 3.63) is 47.5 Å². The van der Waals surface area contributed by atoms with Crippen LogP contribution in [0.25, 0.3) is 0 Å². The second-order valence-electron chi connectivity index (χ2n) is 4.98. The lowest BCUT2D eigenvalue weighted by molar-refractivity contribution is 0.399. The van der Waals surface area contributed by atoms with Crippen LogP contribution in [0.3, 0.4) is 0 Å². The summed E-state index contributed by atoms with van der Waals surface area (Å²) >= 11 is 0. The first-order valence-electron chi connectivity index (χ1n) is 6.63. The van der Waals surface area contributed by atoms with Crippen LogP contribution >= 0.6 is 0 Å². The van der Waals surface area contributed by atoms with Crippen LogP contribution < -0.4 is 10.1 Å². The molecule has 2 aromatic rings. The number of hydrogen-bond acceptors (Lipinski definition) is 3. The second-order valence-corrected chi connectivity index (χ2v) is 4.98. The quantitative estimate of drug-likeness (QED) is 0.882. The van der Waals surface area contributed by atoms with Crippen molar-refractivity contribution in [3.63, 3.8) is 0 Å². The zero-order valence-corrected chi connectivity index (χ0v) is 12.1. The topological polar surface area (TPSA) is 39.1 Å². The van der Waals surface area contributed by atoms with Gasteiger partial charge in [0.2, 0.25) is 0 Å². The molecule has 0 fully saturated rings. The summed E-state index contributed by atoms with van der Waals surface area (Å²) in [5, 5.41) is 7.60. The molecule has 0 radical (unpaired) electrons. The fourth-order valence-corrected chi connectivity index (χ4v) is 2.08. The van der Waals surface area contributed by atoms with E-state index in [4.69, 9.17) is 4.74 Å². The number of methoxy groups -OCH3 is 1. The molecule has 0 amide bonds. The smallest absolute Gasteiger partial charge is 0.123 e. The highest BCUT2D eigenvalue weighted by Gasteiger charge is 2.08. The van der Waals surface area contributed by atoms with Crippen LogP contribution in [-0.2, 0) is 13.1 Å². The van der Waals surface area contributed by atoms with Crippen molar-refractivity contribution in [3.8, 4) is 5.75 Å². The monoisotopic (exact) mass is 277 g/mol. The lowest BCUT2D eigenvalue weighted by Crippen LogP contribution is -2.30. The van der Waals surface area contributed by atoms with E-state index >= 15 is 0 Å². The highest BCUT2D eigenvalue weighted by molar-refractivity contribution is 5.33.